The molecule has 2 atom stereocenters. The van der Waals surface area contributed by atoms with E-state index in [9.17, 15) is 14.4 Å². The first-order valence-corrected chi connectivity index (χ1v) is 6.34. The molecule has 6 heteroatoms. The Morgan fingerprint density at radius 2 is 2.00 bits per heavy atom. The van der Waals surface area contributed by atoms with E-state index in [1.165, 1.54) is 4.90 Å². The molecule has 1 aromatic rings. The predicted octanol–water partition coefficient (Wildman–Crippen LogP) is 0.536. The first-order chi connectivity index (χ1) is 9.49. The van der Waals surface area contributed by atoms with E-state index in [1.807, 2.05) is 6.07 Å². The minimum absolute atomic E-state index is 0.0539. The maximum atomic E-state index is 12.0. The zero-order valence-corrected chi connectivity index (χ0v) is 10.9. The molecule has 1 aliphatic heterocycles. The fourth-order valence-electron chi connectivity index (χ4n) is 2.47. The SMILES string of the molecule is NC(=O)C1CC(=O)N(C(CC(=O)O)c2ccccc2)C1. The second-order valence-corrected chi connectivity index (χ2v) is 4.87. The van der Waals surface area contributed by atoms with Gasteiger partial charge in [-0.1, -0.05) is 30.3 Å². The molecule has 2 unspecified atom stereocenters. The molecule has 1 aliphatic rings. The predicted molar refractivity (Wildman–Crippen MR) is 70.5 cm³/mol. The largest absolute Gasteiger partial charge is 0.481 e. The quantitative estimate of drug-likeness (QED) is 0.819. The van der Waals surface area contributed by atoms with Gasteiger partial charge in [0.25, 0.3) is 0 Å². The zero-order chi connectivity index (χ0) is 14.7. The Hall–Kier alpha value is -2.37. The van der Waals surface area contributed by atoms with E-state index in [0.29, 0.717) is 0 Å². The minimum atomic E-state index is -0.992. The summed E-state index contributed by atoms with van der Waals surface area (Å²) in [6.07, 6.45) is -0.139. The fraction of sp³-hybridized carbons (Fsp3) is 0.357. The Balaban J connectivity index is 2.26. The first-order valence-electron chi connectivity index (χ1n) is 6.34. The molecule has 3 N–H and O–H groups in total. The molecular formula is C14H16N2O4. The van der Waals surface area contributed by atoms with E-state index in [4.69, 9.17) is 10.8 Å². The summed E-state index contributed by atoms with van der Waals surface area (Å²) in [6, 6.07) is 8.38. The molecule has 6 nitrogen and oxygen atoms in total. The lowest BCUT2D eigenvalue weighted by Crippen LogP contribution is -2.33. The van der Waals surface area contributed by atoms with Crippen molar-refractivity contribution in [2.45, 2.75) is 18.9 Å². The lowest BCUT2D eigenvalue weighted by atomic mass is 10.0. The maximum Gasteiger partial charge on any atom is 0.305 e. The van der Waals surface area contributed by atoms with Crippen molar-refractivity contribution in [1.29, 1.82) is 0 Å². The summed E-state index contributed by atoms with van der Waals surface area (Å²) in [5.41, 5.74) is 5.97. The van der Waals surface area contributed by atoms with Gasteiger partial charge in [-0.25, -0.2) is 0 Å². The Kier molecular flexibility index (Phi) is 4.02. The lowest BCUT2D eigenvalue weighted by molar-refractivity contribution is -0.139. The van der Waals surface area contributed by atoms with Gasteiger partial charge in [-0.15, -0.1) is 0 Å². The number of carboxylic acid groups (broad SMARTS) is 1. The molecule has 1 heterocycles. The topological polar surface area (TPSA) is 101 Å². The van der Waals surface area contributed by atoms with Crippen LogP contribution in [-0.4, -0.2) is 34.3 Å². The van der Waals surface area contributed by atoms with Crippen LogP contribution in [0.1, 0.15) is 24.4 Å². The van der Waals surface area contributed by atoms with Gasteiger partial charge in [0.2, 0.25) is 11.8 Å². The fourth-order valence-corrected chi connectivity index (χ4v) is 2.47. The van der Waals surface area contributed by atoms with Gasteiger partial charge in [-0.2, -0.15) is 0 Å². The molecule has 2 amide bonds. The first kappa shape index (κ1) is 14.0. The van der Waals surface area contributed by atoms with Crippen molar-refractivity contribution < 1.29 is 19.5 Å². The number of amides is 2. The van der Waals surface area contributed by atoms with E-state index in [-0.39, 0.29) is 25.3 Å². The number of carbonyl (C=O) groups excluding carboxylic acids is 2. The van der Waals surface area contributed by atoms with Crippen molar-refractivity contribution in [2.75, 3.05) is 6.54 Å². The van der Waals surface area contributed by atoms with Gasteiger partial charge in [-0.05, 0) is 5.56 Å². The smallest absolute Gasteiger partial charge is 0.305 e. The lowest BCUT2D eigenvalue weighted by Gasteiger charge is -2.27. The summed E-state index contributed by atoms with van der Waals surface area (Å²) in [5, 5.41) is 9.04. The maximum absolute atomic E-state index is 12.0. The Bertz CT molecular complexity index is 529. The monoisotopic (exact) mass is 276 g/mol. The number of nitrogens with two attached hydrogens (primary N) is 1. The molecule has 0 spiro atoms. The number of primary amides is 1. The molecule has 1 saturated heterocycles. The van der Waals surface area contributed by atoms with Crippen LogP contribution in [0.5, 0.6) is 0 Å². The molecular weight excluding hydrogens is 260 g/mol. The van der Waals surface area contributed by atoms with Crippen LogP contribution in [0.25, 0.3) is 0 Å². The number of likely N-dealkylation sites (tertiary alicyclic amines) is 1. The number of benzene rings is 1. The van der Waals surface area contributed by atoms with E-state index >= 15 is 0 Å². The van der Waals surface area contributed by atoms with Crippen molar-refractivity contribution in [3.8, 4) is 0 Å². The normalized spacial score (nSPS) is 19.9. The number of hydrogen-bond donors (Lipinski definition) is 2. The van der Waals surface area contributed by atoms with E-state index in [1.54, 1.807) is 24.3 Å². The van der Waals surface area contributed by atoms with Crippen molar-refractivity contribution in [3.05, 3.63) is 35.9 Å². The van der Waals surface area contributed by atoms with Gasteiger partial charge >= 0.3 is 5.97 Å². The molecule has 0 radical (unpaired) electrons. The van der Waals surface area contributed by atoms with Crippen molar-refractivity contribution in [3.63, 3.8) is 0 Å². The minimum Gasteiger partial charge on any atom is -0.481 e. The van der Waals surface area contributed by atoms with Gasteiger partial charge < -0.3 is 15.7 Å². The third-order valence-corrected chi connectivity index (χ3v) is 3.49. The average Bonchev–Trinajstić information content (AvgIpc) is 2.79. The van der Waals surface area contributed by atoms with Gasteiger partial charge in [0.15, 0.2) is 0 Å². The van der Waals surface area contributed by atoms with Crippen molar-refractivity contribution in [2.24, 2.45) is 11.7 Å². The summed E-state index contributed by atoms with van der Waals surface area (Å²) in [5.74, 6) is -2.29. The number of aliphatic carboxylic acids is 1. The second kappa shape index (κ2) is 5.73. The molecule has 2 rings (SSSR count). The molecule has 0 bridgehead atoms. The van der Waals surface area contributed by atoms with Crippen LogP contribution in [0.15, 0.2) is 30.3 Å². The van der Waals surface area contributed by atoms with Gasteiger partial charge in [0, 0.05) is 13.0 Å². The average molecular weight is 276 g/mol. The molecule has 0 aromatic heterocycles. The van der Waals surface area contributed by atoms with E-state index < -0.39 is 23.8 Å². The molecule has 1 fully saturated rings. The van der Waals surface area contributed by atoms with E-state index in [2.05, 4.69) is 0 Å². The second-order valence-electron chi connectivity index (χ2n) is 4.87. The number of rotatable bonds is 5. The zero-order valence-electron chi connectivity index (χ0n) is 10.9. The highest BCUT2D eigenvalue weighted by Gasteiger charge is 2.38. The van der Waals surface area contributed by atoms with Crippen LogP contribution in [0.4, 0.5) is 0 Å². The van der Waals surface area contributed by atoms with Crippen LogP contribution in [0.2, 0.25) is 0 Å². The van der Waals surface area contributed by atoms with Gasteiger partial charge in [0.1, 0.15) is 0 Å². The molecule has 20 heavy (non-hydrogen) atoms. The Labute approximate surface area is 116 Å². The summed E-state index contributed by atoms with van der Waals surface area (Å²) < 4.78 is 0. The number of hydrogen-bond acceptors (Lipinski definition) is 3. The van der Waals surface area contributed by atoms with Crippen LogP contribution in [0.3, 0.4) is 0 Å². The van der Waals surface area contributed by atoms with Crippen LogP contribution in [-0.2, 0) is 14.4 Å². The summed E-state index contributed by atoms with van der Waals surface area (Å²) in [7, 11) is 0. The standard InChI is InChI=1S/C14H16N2O4/c15-14(20)10-6-12(17)16(8-10)11(7-13(18)19)9-4-2-1-3-5-9/h1-5,10-11H,6-8H2,(H2,15,20)(H,18,19). The third-order valence-electron chi connectivity index (χ3n) is 3.49. The van der Waals surface area contributed by atoms with Crippen molar-refractivity contribution >= 4 is 17.8 Å². The van der Waals surface area contributed by atoms with Crippen molar-refractivity contribution in [1.82, 2.24) is 4.90 Å². The van der Waals surface area contributed by atoms with Gasteiger partial charge in [-0.3, -0.25) is 14.4 Å². The summed E-state index contributed by atoms with van der Waals surface area (Å²) in [4.78, 5) is 35.7. The highest BCUT2D eigenvalue weighted by atomic mass is 16.4. The third kappa shape index (κ3) is 2.96. The number of carboxylic acids is 1. The Morgan fingerprint density at radius 3 is 2.50 bits per heavy atom. The molecule has 1 aromatic carbocycles. The van der Waals surface area contributed by atoms with Gasteiger partial charge in [0.05, 0.1) is 18.4 Å². The van der Waals surface area contributed by atoms with E-state index in [0.717, 1.165) is 5.56 Å². The number of nitrogens with zero attached hydrogens (tertiary/aromatic N) is 1. The highest BCUT2D eigenvalue weighted by Crippen LogP contribution is 2.31. The summed E-state index contributed by atoms with van der Waals surface area (Å²) >= 11 is 0. The van der Waals surface area contributed by atoms with Crippen LogP contribution < -0.4 is 5.73 Å². The van der Waals surface area contributed by atoms with Crippen LogP contribution >= 0.6 is 0 Å². The molecule has 0 saturated carbocycles. The number of carbonyl (C=O) groups is 3. The molecule has 0 aliphatic carbocycles. The molecule has 106 valence electrons. The highest BCUT2D eigenvalue weighted by molar-refractivity contribution is 5.89. The van der Waals surface area contributed by atoms with Crippen LogP contribution in [0, 0.1) is 5.92 Å². The Morgan fingerprint density at radius 1 is 1.35 bits per heavy atom. The summed E-state index contributed by atoms with van der Waals surface area (Å²) in [6.45, 7) is 0.182.